The van der Waals surface area contributed by atoms with Gasteiger partial charge < -0.3 is 15.0 Å². The number of halogens is 3. The van der Waals surface area contributed by atoms with Crippen molar-refractivity contribution in [3.63, 3.8) is 0 Å². The Morgan fingerprint density at radius 2 is 2.03 bits per heavy atom. The van der Waals surface area contributed by atoms with E-state index in [1.54, 1.807) is 34.9 Å². The molecule has 164 valence electrons. The van der Waals surface area contributed by atoms with Crippen LogP contribution in [0.5, 0.6) is 0 Å². The fraction of sp³-hybridized carbons (Fsp3) is 0.0455. The highest BCUT2D eigenvalue weighted by atomic mass is 19.4. The zero-order valence-electron chi connectivity index (χ0n) is 16.6. The summed E-state index contributed by atoms with van der Waals surface area (Å²) in [5, 5.41) is 9.05. The monoisotopic (exact) mass is 450 g/mol. The van der Waals surface area contributed by atoms with Gasteiger partial charge in [-0.05, 0) is 24.3 Å². The predicted molar refractivity (Wildman–Crippen MR) is 113 cm³/mol. The van der Waals surface area contributed by atoms with E-state index in [0.29, 0.717) is 27.1 Å². The van der Waals surface area contributed by atoms with Crippen molar-refractivity contribution in [1.29, 1.82) is 0 Å². The number of benzene rings is 1. The lowest BCUT2D eigenvalue weighted by atomic mass is 10.0. The highest BCUT2D eigenvalue weighted by molar-refractivity contribution is 6.05. The maximum atomic E-state index is 14.1. The molecule has 33 heavy (non-hydrogen) atoms. The Labute approximate surface area is 183 Å². The van der Waals surface area contributed by atoms with Crippen molar-refractivity contribution in [3.05, 3.63) is 83.7 Å². The lowest BCUT2D eigenvalue weighted by Gasteiger charge is -2.19. The first-order valence-electron chi connectivity index (χ1n) is 9.58. The van der Waals surface area contributed by atoms with Gasteiger partial charge in [0, 0.05) is 35.9 Å². The van der Waals surface area contributed by atoms with E-state index in [9.17, 15) is 22.8 Å². The average molecular weight is 450 g/mol. The van der Waals surface area contributed by atoms with Crippen LogP contribution in [0.4, 0.5) is 18.9 Å². The molecule has 0 radical (unpaired) electrons. The number of hydrogen-bond acceptors (Lipinski definition) is 5. The summed E-state index contributed by atoms with van der Waals surface area (Å²) >= 11 is 0. The topological polar surface area (TPSA) is 93.3 Å². The maximum absolute atomic E-state index is 14.1. The van der Waals surface area contributed by atoms with Crippen LogP contribution >= 0.6 is 0 Å². The normalized spacial score (nSPS) is 12.9. The summed E-state index contributed by atoms with van der Waals surface area (Å²) in [7, 11) is 0. The summed E-state index contributed by atoms with van der Waals surface area (Å²) in [4.78, 5) is 28.1. The summed E-state index contributed by atoms with van der Waals surface area (Å²) in [5.74, 6) is 0.758. The molecule has 0 bridgehead atoms. The molecule has 0 spiro atoms. The van der Waals surface area contributed by atoms with Crippen molar-refractivity contribution >= 4 is 35.0 Å². The second-order valence-electron chi connectivity index (χ2n) is 7.07. The number of pyridine rings is 1. The highest BCUT2D eigenvalue weighted by Gasteiger charge is 2.41. The predicted octanol–water partition coefficient (Wildman–Crippen LogP) is 3.54. The Balaban J connectivity index is 1.59. The van der Waals surface area contributed by atoms with E-state index >= 15 is 0 Å². The molecule has 11 heteroatoms. The smallest absolute Gasteiger partial charge is 0.352 e. The zero-order chi connectivity index (χ0) is 23.2. The molecule has 1 aliphatic rings. The van der Waals surface area contributed by atoms with Crippen LogP contribution in [-0.4, -0.2) is 31.0 Å². The molecule has 0 aliphatic carbocycles. The number of fused-ring (bicyclic) bond motifs is 2. The largest absolute Gasteiger partial charge is 0.434 e. The number of rotatable bonds is 3. The summed E-state index contributed by atoms with van der Waals surface area (Å²) in [6.45, 7) is 0. The molecule has 4 heterocycles. The van der Waals surface area contributed by atoms with Crippen LogP contribution in [0, 0.1) is 0 Å². The van der Waals surface area contributed by atoms with Gasteiger partial charge >= 0.3 is 6.18 Å². The molecule has 8 nitrogen and oxygen atoms in total. The summed E-state index contributed by atoms with van der Waals surface area (Å²) < 4.78 is 44.6. The molecule has 1 aromatic carbocycles. The molecule has 0 saturated heterocycles. The number of aromatic nitrogens is 4. The first-order valence-corrected chi connectivity index (χ1v) is 9.58. The van der Waals surface area contributed by atoms with E-state index in [2.05, 4.69) is 20.7 Å². The Bertz CT molecular complexity index is 1490. The third-order valence-corrected chi connectivity index (χ3v) is 5.09. The number of anilines is 1. The molecule has 0 atom stereocenters. The Hall–Kier alpha value is -4.63. The number of nitrogens with one attached hydrogen (secondary N) is 2. The zero-order valence-corrected chi connectivity index (χ0v) is 16.6. The van der Waals surface area contributed by atoms with Gasteiger partial charge in [-0.25, -0.2) is 14.5 Å². The van der Waals surface area contributed by atoms with Crippen LogP contribution in [-0.2, 0) is 11.0 Å². The molecule has 3 aromatic heterocycles. The van der Waals surface area contributed by atoms with E-state index in [0.717, 1.165) is 6.20 Å². The van der Waals surface area contributed by atoms with Crippen molar-refractivity contribution in [2.45, 2.75) is 6.18 Å². The summed E-state index contributed by atoms with van der Waals surface area (Å²) in [5.41, 5.74) is -0.119. The number of carbonyl (C=O) groups is 1. The number of amides is 1. The van der Waals surface area contributed by atoms with E-state index < -0.39 is 23.3 Å². The van der Waals surface area contributed by atoms with Crippen LogP contribution in [0.25, 0.3) is 23.1 Å². The SMILES string of the molecule is O=C=C1NC=Cc2c1cccc2-n1ncc(C(=O)Nc2ccc3nccn3c2)c1C(F)(F)F. The van der Waals surface area contributed by atoms with Gasteiger partial charge in [0.25, 0.3) is 5.91 Å². The van der Waals surface area contributed by atoms with Gasteiger partial charge in [0.1, 0.15) is 11.3 Å². The molecular formula is C22H13F3N6O2. The van der Waals surface area contributed by atoms with Gasteiger partial charge in [-0.15, -0.1) is 0 Å². The molecule has 5 rings (SSSR count). The average Bonchev–Trinajstić information content (AvgIpc) is 3.45. The minimum absolute atomic E-state index is 0.0595. The van der Waals surface area contributed by atoms with E-state index in [1.807, 2.05) is 0 Å². The molecule has 2 N–H and O–H groups in total. The van der Waals surface area contributed by atoms with Crippen LogP contribution in [0.3, 0.4) is 0 Å². The van der Waals surface area contributed by atoms with Crippen molar-refractivity contribution in [1.82, 2.24) is 24.5 Å². The fourth-order valence-electron chi connectivity index (χ4n) is 3.66. The molecular weight excluding hydrogens is 437 g/mol. The first kappa shape index (κ1) is 20.3. The van der Waals surface area contributed by atoms with Gasteiger partial charge in [-0.3, -0.25) is 4.79 Å². The van der Waals surface area contributed by atoms with Crippen molar-refractivity contribution in [3.8, 4) is 5.69 Å². The van der Waals surface area contributed by atoms with Crippen LogP contribution < -0.4 is 10.6 Å². The van der Waals surface area contributed by atoms with Crippen LogP contribution in [0.2, 0.25) is 0 Å². The number of carbonyl (C=O) groups excluding carboxylic acids is 2. The van der Waals surface area contributed by atoms with Gasteiger partial charge in [0.05, 0.1) is 23.1 Å². The molecule has 0 unspecified atom stereocenters. The Kier molecular flexibility index (Phi) is 4.61. The third kappa shape index (κ3) is 3.46. The van der Waals surface area contributed by atoms with E-state index in [4.69, 9.17) is 0 Å². The minimum Gasteiger partial charge on any atom is -0.352 e. The minimum atomic E-state index is -4.89. The first-order chi connectivity index (χ1) is 15.9. The van der Waals surface area contributed by atoms with Gasteiger partial charge in [-0.2, -0.15) is 18.3 Å². The number of nitrogens with zero attached hydrogens (tertiary/aromatic N) is 4. The molecule has 1 amide bonds. The van der Waals surface area contributed by atoms with E-state index in [-0.39, 0.29) is 11.4 Å². The summed E-state index contributed by atoms with van der Waals surface area (Å²) in [6.07, 6.45) is 3.66. The quantitative estimate of drug-likeness (QED) is 0.466. The van der Waals surface area contributed by atoms with Gasteiger partial charge in [0.2, 0.25) is 0 Å². The Morgan fingerprint density at radius 3 is 2.82 bits per heavy atom. The Morgan fingerprint density at radius 1 is 1.18 bits per heavy atom. The lowest BCUT2D eigenvalue weighted by Crippen LogP contribution is -2.21. The maximum Gasteiger partial charge on any atom is 0.434 e. The highest BCUT2D eigenvalue weighted by Crippen LogP contribution is 2.36. The van der Waals surface area contributed by atoms with Crippen LogP contribution in [0.1, 0.15) is 27.2 Å². The molecule has 1 aliphatic heterocycles. The second-order valence-corrected chi connectivity index (χ2v) is 7.07. The van der Waals surface area contributed by atoms with Crippen LogP contribution in [0.15, 0.2) is 61.3 Å². The number of imidazole rings is 1. The molecule has 4 aromatic rings. The fourth-order valence-corrected chi connectivity index (χ4v) is 3.66. The van der Waals surface area contributed by atoms with E-state index in [1.165, 1.54) is 36.7 Å². The van der Waals surface area contributed by atoms with Crippen molar-refractivity contribution < 1.29 is 22.8 Å². The number of alkyl halides is 3. The van der Waals surface area contributed by atoms with Gasteiger partial charge in [0.15, 0.2) is 11.6 Å². The summed E-state index contributed by atoms with van der Waals surface area (Å²) in [6, 6.07) is 7.66. The lowest BCUT2D eigenvalue weighted by molar-refractivity contribution is -0.143. The second kappa shape index (κ2) is 7.50. The third-order valence-electron chi connectivity index (χ3n) is 5.09. The standard InChI is InChI=1S/C22H13F3N6O2/c23-22(24,25)20-16(21(33)29-13-4-5-19-27-8-9-30(19)11-13)10-28-31(20)18-3-1-2-14-15(18)6-7-26-17(14)12-32/h1-11,26H,(H,29,33). The van der Waals surface area contributed by atoms with Crippen molar-refractivity contribution in [2.24, 2.45) is 0 Å². The molecule has 0 saturated carbocycles. The van der Waals surface area contributed by atoms with Gasteiger partial charge in [-0.1, -0.05) is 12.1 Å². The molecule has 0 fully saturated rings. The van der Waals surface area contributed by atoms with Crippen molar-refractivity contribution in [2.75, 3.05) is 5.32 Å². The number of hydrogen-bond donors (Lipinski definition) is 2.